The second-order valence-electron chi connectivity index (χ2n) is 5.69. The van der Waals surface area contributed by atoms with Crippen LogP contribution < -0.4 is 5.32 Å². The third-order valence-electron chi connectivity index (χ3n) is 4.07. The van der Waals surface area contributed by atoms with E-state index in [1.54, 1.807) is 4.90 Å². The van der Waals surface area contributed by atoms with Gasteiger partial charge in [-0.2, -0.15) is 0 Å². The molecule has 6 heteroatoms. The fourth-order valence-corrected chi connectivity index (χ4v) is 2.69. The van der Waals surface area contributed by atoms with E-state index in [1.165, 1.54) is 0 Å². The molecule has 1 fully saturated rings. The van der Waals surface area contributed by atoms with Crippen molar-refractivity contribution in [2.24, 2.45) is 5.92 Å². The number of nitrogens with zero attached hydrogens (tertiary/aromatic N) is 2. The van der Waals surface area contributed by atoms with Gasteiger partial charge >= 0.3 is 6.03 Å². The standard InChI is InChI=1S/C14H23N3O3/c1-8-5-6-17(7-12(8)18)14(19)15-9(2)13-10(3)16-20-11(13)4/h8-9,12,18H,5-7H2,1-4H3,(H,15,19). The van der Waals surface area contributed by atoms with Gasteiger partial charge in [-0.1, -0.05) is 12.1 Å². The molecule has 1 aromatic heterocycles. The van der Waals surface area contributed by atoms with E-state index >= 15 is 0 Å². The number of amides is 2. The highest BCUT2D eigenvalue weighted by Crippen LogP contribution is 2.22. The smallest absolute Gasteiger partial charge is 0.317 e. The molecule has 1 aromatic rings. The topological polar surface area (TPSA) is 78.6 Å². The van der Waals surface area contributed by atoms with Crippen molar-refractivity contribution in [3.8, 4) is 0 Å². The van der Waals surface area contributed by atoms with E-state index in [0.717, 1.165) is 23.4 Å². The van der Waals surface area contributed by atoms with Crippen molar-refractivity contribution in [2.75, 3.05) is 13.1 Å². The molecule has 0 aromatic carbocycles. The molecule has 20 heavy (non-hydrogen) atoms. The number of aryl methyl sites for hydroxylation is 2. The summed E-state index contributed by atoms with van der Waals surface area (Å²) >= 11 is 0. The molecule has 0 bridgehead atoms. The summed E-state index contributed by atoms with van der Waals surface area (Å²) in [5.74, 6) is 0.974. The zero-order valence-electron chi connectivity index (χ0n) is 12.5. The Morgan fingerprint density at radius 3 is 2.80 bits per heavy atom. The van der Waals surface area contributed by atoms with Crippen molar-refractivity contribution in [3.63, 3.8) is 0 Å². The molecular formula is C14H23N3O3. The van der Waals surface area contributed by atoms with Crippen LogP contribution in [0.25, 0.3) is 0 Å². The van der Waals surface area contributed by atoms with Crippen LogP contribution >= 0.6 is 0 Å². The molecule has 6 nitrogen and oxygen atoms in total. The number of aliphatic hydroxyl groups is 1. The van der Waals surface area contributed by atoms with Gasteiger partial charge < -0.3 is 19.8 Å². The zero-order valence-corrected chi connectivity index (χ0v) is 12.5. The molecule has 0 spiro atoms. The van der Waals surface area contributed by atoms with Crippen LogP contribution in [-0.2, 0) is 0 Å². The number of rotatable bonds is 2. The maximum absolute atomic E-state index is 12.2. The summed E-state index contributed by atoms with van der Waals surface area (Å²) in [5.41, 5.74) is 1.71. The first-order valence-electron chi connectivity index (χ1n) is 7.06. The van der Waals surface area contributed by atoms with Gasteiger partial charge in [0.1, 0.15) is 5.76 Å². The average molecular weight is 281 g/mol. The number of hydrogen-bond acceptors (Lipinski definition) is 4. The Bertz CT molecular complexity index is 467. The minimum Gasteiger partial charge on any atom is -0.391 e. The van der Waals surface area contributed by atoms with Gasteiger partial charge in [-0.25, -0.2) is 4.79 Å². The number of piperidine rings is 1. The molecule has 0 aliphatic carbocycles. The molecule has 2 N–H and O–H groups in total. The number of carbonyl (C=O) groups excluding carboxylic acids is 1. The molecule has 112 valence electrons. The lowest BCUT2D eigenvalue weighted by molar-refractivity contribution is 0.0431. The number of hydrogen-bond donors (Lipinski definition) is 2. The monoisotopic (exact) mass is 281 g/mol. The number of aromatic nitrogens is 1. The molecule has 1 saturated heterocycles. The van der Waals surface area contributed by atoms with Gasteiger partial charge in [-0.05, 0) is 33.1 Å². The van der Waals surface area contributed by atoms with Crippen LogP contribution in [-0.4, -0.2) is 40.4 Å². The molecule has 3 atom stereocenters. The first-order chi connectivity index (χ1) is 9.40. The third kappa shape index (κ3) is 2.95. The summed E-state index contributed by atoms with van der Waals surface area (Å²) in [6, 6.07) is -0.311. The van der Waals surface area contributed by atoms with E-state index in [0.29, 0.717) is 13.1 Å². The number of β-amino-alcohol motifs (C(OH)–C–C–N with tert-alkyl or cyclic N) is 1. The van der Waals surface area contributed by atoms with E-state index in [4.69, 9.17) is 4.52 Å². The quantitative estimate of drug-likeness (QED) is 0.866. The maximum atomic E-state index is 12.2. The average Bonchev–Trinajstić information content (AvgIpc) is 2.72. The van der Waals surface area contributed by atoms with Crippen molar-refractivity contribution in [3.05, 3.63) is 17.0 Å². The van der Waals surface area contributed by atoms with E-state index in [-0.39, 0.29) is 18.0 Å². The van der Waals surface area contributed by atoms with E-state index in [2.05, 4.69) is 10.5 Å². The fraction of sp³-hybridized carbons (Fsp3) is 0.714. The maximum Gasteiger partial charge on any atom is 0.317 e. The van der Waals surface area contributed by atoms with E-state index < -0.39 is 6.10 Å². The van der Waals surface area contributed by atoms with Crippen LogP contribution in [0.2, 0.25) is 0 Å². The van der Waals surface area contributed by atoms with Gasteiger partial charge in [0.15, 0.2) is 0 Å². The van der Waals surface area contributed by atoms with Crippen molar-refractivity contribution >= 4 is 6.03 Å². The molecule has 0 radical (unpaired) electrons. The summed E-state index contributed by atoms with van der Waals surface area (Å²) in [4.78, 5) is 13.9. The number of aliphatic hydroxyl groups excluding tert-OH is 1. The Balaban J connectivity index is 1.98. The second-order valence-corrected chi connectivity index (χ2v) is 5.69. The lowest BCUT2D eigenvalue weighted by Crippen LogP contribution is -2.50. The summed E-state index contributed by atoms with van der Waals surface area (Å²) in [5, 5.41) is 16.7. The normalized spacial score (nSPS) is 24.6. The number of urea groups is 1. The van der Waals surface area contributed by atoms with E-state index in [1.807, 2.05) is 27.7 Å². The summed E-state index contributed by atoms with van der Waals surface area (Å²) < 4.78 is 5.12. The summed E-state index contributed by atoms with van der Waals surface area (Å²) in [6.45, 7) is 8.69. The number of likely N-dealkylation sites (tertiary alicyclic amines) is 1. The minimum atomic E-state index is -0.441. The SMILES string of the molecule is Cc1noc(C)c1C(C)NC(=O)N1CCC(C)C(O)C1. The lowest BCUT2D eigenvalue weighted by atomic mass is 9.96. The second kappa shape index (κ2) is 5.83. The van der Waals surface area contributed by atoms with Crippen LogP contribution in [0.1, 0.15) is 43.3 Å². The predicted molar refractivity (Wildman–Crippen MR) is 74.3 cm³/mol. The Labute approximate surface area is 119 Å². The molecule has 2 rings (SSSR count). The third-order valence-corrected chi connectivity index (χ3v) is 4.07. The Morgan fingerprint density at radius 1 is 1.55 bits per heavy atom. The summed E-state index contributed by atoms with van der Waals surface area (Å²) in [7, 11) is 0. The zero-order chi connectivity index (χ0) is 14.9. The van der Waals surface area contributed by atoms with Gasteiger partial charge in [0.2, 0.25) is 0 Å². The van der Waals surface area contributed by atoms with Crippen molar-refractivity contribution in [2.45, 2.75) is 46.3 Å². The Hall–Kier alpha value is -1.56. The molecule has 1 aliphatic rings. The minimum absolute atomic E-state index is 0.150. The van der Waals surface area contributed by atoms with Crippen LogP contribution in [0, 0.1) is 19.8 Å². The molecule has 0 saturated carbocycles. The highest BCUT2D eigenvalue weighted by molar-refractivity contribution is 5.75. The molecule has 2 amide bonds. The predicted octanol–water partition coefficient (Wildman–Crippen LogP) is 1.76. The molecule has 2 heterocycles. The summed E-state index contributed by atoms with van der Waals surface area (Å²) in [6.07, 6.45) is 0.387. The fourth-order valence-electron chi connectivity index (χ4n) is 2.69. The highest BCUT2D eigenvalue weighted by atomic mass is 16.5. The molecule has 1 aliphatic heterocycles. The van der Waals surface area contributed by atoms with E-state index in [9.17, 15) is 9.90 Å². The van der Waals surface area contributed by atoms with Crippen LogP contribution in [0.15, 0.2) is 4.52 Å². The van der Waals surface area contributed by atoms with Gasteiger partial charge in [0.25, 0.3) is 0 Å². The van der Waals surface area contributed by atoms with Crippen LogP contribution in [0.5, 0.6) is 0 Å². The largest absolute Gasteiger partial charge is 0.391 e. The van der Waals surface area contributed by atoms with Crippen LogP contribution in [0.4, 0.5) is 4.79 Å². The number of carbonyl (C=O) groups is 1. The van der Waals surface area contributed by atoms with Crippen LogP contribution in [0.3, 0.4) is 0 Å². The number of nitrogens with one attached hydrogen (secondary N) is 1. The van der Waals surface area contributed by atoms with Gasteiger partial charge in [0.05, 0.1) is 17.8 Å². The first kappa shape index (κ1) is 14.8. The van der Waals surface area contributed by atoms with Gasteiger partial charge in [0, 0.05) is 18.7 Å². The highest BCUT2D eigenvalue weighted by Gasteiger charge is 2.28. The Kier molecular flexibility index (Phi) is 4.32. The van der Waals surface area contributed by atoms with Gasteiger partial charge in [-0.3, -0.25) is 0 Å². The lowest BCUT2D eigenvalue weighted by Gasteiger charge is -2.34. The van der Waals surface area contributed by atoms with Crippen molar-refractivity contribution in [1.82, 2.24) is 15.4 Å². The molecular weight excluding hydrogens is 258 g/mol. The Morgan fingerprint density at radius 2 is 2.25 bits per heavy atom. The van der Waals surface area contributed by atoms with Crippen molar-refractivity contribution < 1.29 is 14.4 Å². The first-order valence-corrected chi connectivity index (χ1v) is 7.06. The van der Waals surface area contributed by atoms with Crippen molar-refractivity contribution in [1.29, 1.82) is 0 Å². The van der Waals surface area contributed by atoms with Gasteiger partial charge in [-0.15, -0.1) is 0 Å². The molecule has 3 unspecified atom stereocenters.